The number of carboxylic acid groups (broad SMARTS) is 1. The Balaban J connectivity index is 1.36. The summed E-state index contributed by atoms with van der Waals surface area (Å²) in [6.07, 6.45) is 1.40. The number of carboxylic acids is 1. The Labute approximate surface area is 286 Å². The standard InChI is InChI=1S/C33H19Cl3N4O8/c1-48-26-10-15(5-8-25(26)41)9-22-28(38-40(32(22)45)27-23(35)13-18(34)14-24(27)36)37-29(42)16-3-2-4-19(11-16)39-30(43)20-7-6-17(33(46)47)12-21(20)31(39)44/h2-14,41H,1H3,(H,46,47)(H,37,38,42). The van der Waals surface area contributed by atoms with Gasteiger partial charge in [-0.2, -0.15) is 5.01 Å². The van der Waals surface area contributed by atoms with Crippen LogP contribution in [0.2, 0.25) is 15.1 Å². The summed E-state index contributed by atoms with van der Waals surface area (Å²) in [7, 11) is 1.36. The molecular weight excluding hydrogens is 687 g/mol. The van der Waals surface area contributed by atoms with E-state index < -0.39 is 29.6 Å². The van der Waals surface area contributed by atoms with E-state index in [4.69, 9.17) is 39.5 Å². The van der Waals surface area contributed by atoms with Crippen LogP contribution >= 0.6 is 34.8 Å². The zero-order valence-corrected chi connectivity index (χ0v) is 26.6. The van der Waals surface area contributed by atoms with Gasteiger partial charge in [-0.3, -0.25) is 19.2 Å². The molecule has 48 heavy (non-hydrogen) atoms. The molecule has 0 aromatic heterocycles. The van der Waals surface area contributed by atoms with Gasteiger partial charge in [-0.25, -0.2) is 9.69 Å². The normalized spacial score (nSPS) is 14.8. The number of aromatic hydroxyl groups is 1. The zero-order valence-electron chi connectivity index (χ0n) is 24.3. The lowest BCUT2D eigenvalue weighted by atomic mass is 10.1. The lowest BCUT2D eigenvalue weighted by molar-refractivity contribution is -0.114. The largest absolute Gasteiger partial charge is 0.504 e. The zero-order chi connectivity index (χ0) is 34.4. The van der Waals surface area contributed by atoms with Crippen LogP contribution in [0.1, 0.15) is 47.0 Å². The quantitative estimate of drug-likeness (QED) is 0.162. The Hall–Kier alpha value is -5.69. The van der Waals surface area contributed by atoms with E-state index in [-0.39, 0.29) is 71.6 Å². The second kappa shape index (κ2) is 12.5. The van der Waals surface area contributed by atoms with E-state index in [9.17, 15) is 34.2 Å². The molecule has 15 heteroatoms. The first-order valence-electron chi connectivity index (χ1n) is 13.7. The number of imide groups is 1. The SMILES string of the molecule is COc1cc(C=C2C(=O)N(c3c(Cl)cc(Cl)cc3Cl)N=C2NC(=O)c2cccc(N3C(=O)c4ccc(C(=O)O)cc4C3=O)c2)ccc1O. The van der Waals surface area contributed by atoms with Gasteiger partial charge in [0.25, 0.3) is 23.6 Å². The highest BCUT2D eigenvalue weighted by molar-refractivity contribution is 6.44. The van der Waals surface area contributed by atoms with Crippen molar-refractivity contribution < 1.29 is 38.9 Å². The van der Waals surface area contributed by atoms with Gasteiger partial charge in [-0.15, -0.1) is 5.10 Å². The number of ether oxygens (including phenoxy) is 1. The van der Waals surface area contributed by atoms with Crippen LogP contribution in [0.15, 0.2) is 83.5 Å². The highest BCUT2D eigenvalue weighted by Crippen LogP contribution is 2.39. The van der Waals surface area contributed by atoms with Crippen LogP contribution in [0.3, 0.4) is 0 Å². The minimum Gasteiger partial charge on any atom is -0.504 e. The summed E-state index contributed by atoms with van der Waals surface area (Å²) in [5.41, 5.74) is 0.104. The van der Waals surface area contributed by atoms with Crippen molar-refractivity contribution >= 4 is 87.7 Å². The first-order chi connectivity index (χ1) is 22.9. The summed E-state index contributed by atoms with van der Waals surface area (Å²) in [5.74, 6) is -4.42. The van der Waals surface area contributed by atoms with Gasteiger partial charge in [-0.05, 0) is 72.3 Å². The van der Waals surface area contributed by atoms with Gasteiger partial charge in [0.15, 0.2) is 17.3 Å². The number of hydrogen-bond donors (Lipinski definition) is 3. The molecule has 2 heterocycles. The van der Waals surface area contributed by atoms with Gasteiger partial charge in [0.1, 0.15) is 5.69 Å². The van der Waals surface area contributed by atoms with Crippen LogP contribution in [-0.4, -0.2) is 52.8 Å². The van der Waals surface area contributed by atoms with Crippen LogP contribution in [0.5, 0.6) is 11.5 Å². The molecule has 4 aromatic carbocycles. The van der Waals surface area contributed by atoms with E-state index in [0.717, 1.165) is 16.0 Å². The number of carbonyl (C=O) groups excluding carboxylic acids is 4. The van der Waals surface area contributed by atoms with Gasteiger partial charge in [0.2, 0.25) is 0 Å². The number of phenols is 1. The van der Waals surface area contributed by atoms with Crippen molar-refractivity contribution in [3.63, 3.8) is 0 Å². The first-order valence-corrected chi connectivity index (χ1v) is 14.9. The Kier molecular flexibility index (Phi) is 8.39. The molecule has 0 saturated carbocycles. The monoisotopic (exact) mass is 704 g/mol. The number of hydrogen-bond acceptors (Lipinski definition) is 8. The number of anilines is 2. The number of nitrogens with one attached hydrogen (secondary N) is 1. The molecule has 0 aliphatic carbocycles. The van der Waals surface area contributed by atoms with Crippen LogP contribution in [-0.2, 0) is 4.79 Å². The highest BCUT2D eigenvalue weighted by atomic mass is 35.5. The highest BCUT2D eigenvalue weighted by Gasteiger charge is 2.38. The molecule has 4 amide bonds. The molecule has 0 atom stereocenters. The number of carbonyl (C=O) groups is 5. The number of amides is 4. The van der Waals surface area contributed by atoms with E-state index in [2.05, 4.69) is 10.4 Å². The molecular formula is C33H19Cl3N4O8. The minimum absolute atomic E-state index is 0.00449. The van der Waals surface area contributed by atoms with E-state index in [0.29, 0.717) is 5.56 Å². The lowest BCUT2D eigenvalue weighted by Crippen LogP contribution is -2.32. The van der Waals surface area contributed by atoms with Crippen molar-refractivity contribution in [2.45, 2.75) is 0 Å². The Morgan fingerprint density at radius 2 is 1.56 bits per heavy atom. The topological polar surface area (TPSA) is 166 Å². The van der Waals surface area contributed by atoms with Crippen LogP contribution in [0.4, 0.5) is 11.4 Å². The van der Waals surface area contributed by atoms with Crippen LogP contribution in [0.25, 0.3) is 6.08 Å². The average Bonchev–Trinajstić information content (AvgIpc) is 3.48. The molecule has 0 fully saturated rings. The lowest BCUT2D eigenvalue weighted by Gasteiger charge is -2.15. The summed E-state index contributed by atoms with van der Waals surface area (Å²) in [6.45, 7) is 0. The third-order valence-electron chi connectivity index (χ3n) is 7.32. The average molecular weight is 706 g/mol. The third kappa shape index (κ3) is 5.72. The molecule has 4 aromatic rings. The smallest absolute Gasteiger partial charge is 0.335 e. The van der Waals surface area contributed by atoms with E-state index in [1.54, 1.807) is 0 Å². The molecule has 12 nitrogen and oxygen atoms in total. The van der Waals surface area contributed by atoms with E-state index in [1.165, 1.54) is 79.9 Å². The summed E-state index contributed by atoms with van der Waals surface area (Å²) in [6, 6.07) is 16.2. The Bertz CT molecular complexity index is 2160. The molecule has 0 radical (unpaired) electrons. The van der Waals surface area contributed by atoms with Gasteiger partial charge in [0, 0.05) is 10.6 Å². The predicted molar refractivity (Wildman–Crippen MR) is 177 cm³/mol. The van der Waals surface area contributed by atoms with Crippen molar-refractivity contribution in [2.24, 2.45) is 5.10 Å². The molecule has 0 spiro atoms. The van der Waals surface area contributed by atoms with Gasteiger partial charge >= 0.3 is 5.97 Å². The molecule has 3 N–H and O–H groups in total. The number of rotatable bonds is 6. The molecule has 6 rings (SSSR count). The maximum absolute atomic E-state index is 13.8. The fraction of sp³-hybridized carbons (Fsp3) is 0.0303. The molecule has 0 unspecified atom stereocenters. The summed E-state index contributed by atoms with van der Waals surface area (Å²) < 4.78 is 5.16. The number of amidine groups is 1. The number of methoxy groups -OCH3 is 1. The predicted octanol–water partition coefficient (Wildman–Crippen LogP) is 6.03. The van der Waals surface area contributed by atoms with Crippen molar-refractivity contribution in [1.82, 2.24) is 5.32 Å². The maximum atomic E-state index is 13.8. The van der Waals surface area contributed by atoms with E-state index >= 15 is 0 Å². The van der Waals surface area contributed by atoms with Crippen LogP contribution < -0.4 is 20.0 Å². The molecule has 0 saturated heterocycles. The number of nitrogens with zero attached hydrogens (tertiary/aromatic N) is 3. The van der Waals surface area contributed by atoms with Crippen LogP contribution in [0, 0.1) is 0 Å². The summed E-state index contributed by atoms with van der Waals surface area (Å²) in [5, 5.41) is 27.4. The fourth-order valence-corrected chi connectivity index (χ4v) is 6.03. The Morgan fingerprint density at radius 3 is 2.25 bits per heavy atom. The number of halogens is 3. The maximum Gasteiger partial charge on any atom is 0.335 e. The molecule has 240 valence electrons. The Morgan fingerprint density at radius 1 is 0.854 bits per heavy atom. The molecule has 2 aliphatic rings. The number of aromatic carboxylic acids is 1. The molecule has 2 aliphatic heterocycles. The minimum atomic E-state index is -1.26. The number of hydrazone groups is 1. The molecule has 0 bridgehead atoms. The fourth-order valence-electron chi connectivity index (χ4n) is 5.05. The second-order valence-corrected chi connectivity index (χ2v) is 11.5. The second-order valence-electron chi connectivity index (χ2n) is 10.3. The van der Waals surface area contributed by atoms with E-state index in [1.807, 2.05) is 0 Å². The van der Waals surface area contributed by atoms with Gasteiger partial charge in [-0.1, -0.05) is 46.9 Å². The first kappa shape index (κ1) is 32.3. The van der Waals surface area contributed by atoms with Crippen molar-refractivity contribution in [2.75, 3.05) is 17.0 Å². The summed E-state index contributed by atoms with van der Waals surface area (Å²) >= 11 is 18.8. The number of phenolic OH excluding ortho intramolecular Hbond substituents is 1. The third-order valence-corrected chi connectivity index (χ3v) is 8.11. The number of fused-ring (bicyclic) bond motifs is 1. The van der Waals surface area contributed by atoms with Gasteiger partial charge < -0.3 is 20.3 Å². The van der Waals surface area contributed by atoms with Crippen molar-refractivity contribution in [1.29, 1.82) is 0 Å². The van der Waals surface area contributed by atoms with Gasteiger partial charge in [0.05, 0.1) is 45.1 Å². The van der Waals surface area contributed by atoms with Crippen molar-refractivity contribution in [3.8, 4) is 11.5 Å². The number of benzene rings is 4. The summed E-state index contributed by atoms with van der Waals surface area (Å²) in [4.78, 5) is 66.0. The van der Waals surface area contributed by atoms with Crippen molar-refractivity contribution in [3.05, 3.63) is 121 Å².